The van der Waals surface area contributed by atoms with Crippen molar-refractivity contribution < 1.29 is 24.5 Å². The molecule has 3 N–H and O–H groups in total. The summed E-state index contributed by atoms with van der Waals surface area (Å²) in [6, 6.07) is -0.634. The van der Waals surface area contributed by atoms with Gasteiger partial charge in [-0.05, 0) is 83.5 Å². The molecular weight excluding hydrogens is 803 g/mol. The number of nitrogens with one attached hydrogen (secondary N) is 1. The minimum atomic E-state index is -0.850. The first kappa shape index (κ1) is 63.1. The molecule has 65 heavy (non-hydrogen) atoms. The van der Waals surface area contributed by atoms with Gasteiger partial charge in [0.25, 0.3) is 0 Å². The number of carbonyl (C=O) groups is 2. The van der Waals surface area contributed by atoms with E-state index in [0.29, 0.717) is 19.4 Å². The van der Waals surface area contributed by atoms with Crippen molar-refractivity contribution in [2.45, 2.75) is 315 Å². The van der Waals surface area contributed by atoms with Crippen LogP contribution in [-0.2, 0) is 14.3 Å². The van der Waals surface area contributed by atoms with Crippen LogP contribution in [0.2, 0.25) is 0 Å². The Bertz CT molecular complexity index is 1060. The number of hydrogen-bond acceptors (Lipinski definition) is 5. The van der Waals surface area contributed by atoms with E-state index in [-0.39, 0.29) is 18.5 Å². The quantitative estimate of drug-likeness (QED) is 0.0321. The lowest BCUT2D eigenvalue weighted by Crippen LogP contribution is -2.45. The summed E-state index contributed by atoms with van der Waals surface area (Å²) in [7, 11) is 0. The Hall–Kier alpha value is -1.92. The first-order valence-electron chi connectivity index (χ1n) is 28.8. The van der Waals surface area contributed by atoms with Gasteiger partial charge in [-0.15, -0.1) is 0 Å². The molecule has 2 unspecified atom stereocenters. The van der Waals surface area contributed by atoms with Gasteiger partial charge in [-0.1, -0.05) is 243 Å². The molecule has 0 bridgehead atoms. The van der Waals surface area contributed by atoms with Crippen LogP contribution in [0, 0.1) is 0 Å². The molecule has 0 heterocycles. The first-order valence-corrected chi connectivity index (χ1v) is 28.8. The van der Waals surface area contributed by atoms with Gasteiger partial charge in [0.15, 0.2) is 0 Å². The van der Waals surface area contributed by atoms with E-state index >= 15 is 0 Å². The molecule has 0 aromatic heterocycles. The van der Waals surface area contributed by atoms with Crippen molar-refractivity contribution in [2.75, 3.05) is 13.2 Å². The highest BCUT2D eigenvalue weighted by molar-refractivity contribution is 5.76. The predicted molar refractivity (Wildman–Crippen MR) is 283 cm³/mol. The number of unbranched alkanes of at least 4 members (excludes halogenated alkanes) is 38. The molecule has 1 amide bonds. The van der Waals surface area contributed by atoms with Crippen molar-refractivity contribution in [1.29, 1.82) is 0 Å². The maximum absolute atomic E-state index is 12.4. The standard InChI is InChI=1S/C59H111NO5/c1-3-5-7-9-11-13-15-17-18-25-29-33-37-41-45-49-53-59(64)65-54-50-46-42-38-34-30-26-23-21-19-20-22-24-28-32-36-40-44-48-52-58(63)60-56(55-61)57(62)51-47-43-39-35-31-27-16-14-12-10-8-6-4-2/h18-20,25,47,51,56-57,61-62H,3-17,21-24,26-46,48-50,52-55H2,1-2H3,(H,60,63)/b20-19-,25-18-,51-47+. The van der Waals surface area contributed by atoms with Crippen molar-refractivity contribution >= 4 is 11.9 Å². The highest BCUT2D eigenvalue weighted by Crippen LogP contribution is 2.16. The fourth-order valence-corrected chi connectivity index (χ4v) is 8.68. The molecular formula is C59H111NO5. The Labute approximate surface area is 404 Å². The Kier molecular flexibility index (Phi) is 53.1. The molecule has 6 nitrogen and oxygen atoms in total. The van der Waals surface area contributed by atoms with E-state index in [2.05, 4.69) is 43.5 Å². The van der Waals surface area contributed by atoms with Crippen LogP contribution in [0.3, 0.4) is 0 Å². The molecule has 0 aliphatic heterocycles. The second-order valence-electron chi connectivity index (χ2n) is 19.6. The fraction of sp³-hybridized carbons (Fsp3) is 0.864. The molecule has 0 saturated heterocycles. The molecule has 0 aliphatic rings. The number of ether oxygens (including phenoxy) is 1. The van der Waals surface area contributed by atoms with E-state index in [1.807, 2.05) is 6.08 Å². The number of allylic oxidation sites excluding steroid dienone is 5. The Balaban J connectivity index is 3.46. The van der Waals surface area contributed by atoms with Gasteiger partial charge >= 0.3 is 5.97 Å². The Morgan fingerprint density at radius 1 is 0.415 bits per heavy atom. The average Bonchev–Trinajstić information content (AvgIpc) is 3.31. The van der Waals surface area contributed by atoms with E-state index in [1.54, 1.807) is 6.08 Å². The first-order chi connectivity index (χ1) is 32.0. The third-order valence-electron chi connectivity index (χ3n) is 13.1. The van der Waals surface area contributed by atoms with Crippen LogP contribution < -0.4 is 5.32 Å². The van der Waals surface area contributed by atoms with Gasteiger partial charge in [-0.25, -0.2) is 0 Å². The maximum atomic E-state index is 12.4. The molecule has 0 aliphatic carbocycles. The van der Waals surface area contributed by atoms with Crippen molar-refractivity contribution in [3.63, 3.8) is 0 Å². The monoisotopic (exact) mass is 914 g/mol. The van der Waals surface area contributed by atoms with Crippen LogP contribution >= 0.6 is 0 Å². The van der Waals surface area contributed by atoms with Gasteiger partial charge in [-0.2, -0.15) is 0 Å². The minimum absolute atomic E-state index is 0.00451. The molecule has 0 saturated carbocycles. The zero-order valence-electron chi connectivity index (χ0n) is 43.5. The molecule has 0 spiro atoms. The van der Waals surface area contributed by atoms with Crippen molar-refractivity contribution in [1.82, 2.24) is 5.32 Å². The van der Waals surface area contributed by atoms with Gasteiger partial charge in [0, 0.05) is 12.8 Å². The van der Waals surface area contributed by atoms with E-state index in [4.69, 9.17) is 4.74 Å². The van der Waals surface area contributed by atoms with E-state index in [9.17, 15) is 19.8 Å². The smallest absolute Gasteiger partial charge is 0.305 e. The lowest BCUT2D eigenvalue weighted by molar-refractivity contribution is -0.143. The Morgan fingerprint density at radius 3 is 1.09 bits per heavy atom. The molecule has 0 aromatic rings. The maximum Gasteiger partial charge on any atom is 0.305 e. The number of carbonyl (C=O) groups excluding carboxylic acids is 2. The van der Waals surface area contributed by atoms with E-state index in [0.717, 1.165) is 51.4 Å². The summed E-state index contributed by atoms with van der Waals surface area (Å²) in [6.45, 7) is 4.88. The second kappa shape index (κ2) is 54.7. The molecule has 0 fully saturated rings. The summed E-state index contributed by atoms with van der Waals surface area (Å²) in [6.07, 6.45) is 67.3. The lowest BCUT2D eigenvalue weighted by atomic mass is 10.0. The SMILES string of the molecule is CCCCCCCCC/C=C\CCCCCCCC(=O)OCCCCCCCCCC/C=C\CCCCCCCCCC(=O)NC(CO)C(O)/C=C/CCCCCCCCCCCCC. The third-order valence-corrected chi connectivity index (χ3v) is 13.1. The van der Waals surface area contributed by atoms with Gasteiger partial charge < -0.3 is 20.3 Å². The van der Waals surface area contributed by atoms with Crippen molar-refractivity contribution in [3.8, 4) is 0 Å². The zero-order chi connectivity index (χ0) is 47.2. The molecule has 382 valence electrons. The lowest BCUT2D eigenvalue weighted by Gasteiger charge is -2.20. The van der Waals surface area contributed by atoms with Crippen molar-refractivity contribution in [3.05, 3.63) is 36.5 Å². The third kappa shape index (κ3) is 51.3. The minimum Gasteiger partial charge on any atom is -0.466 e. The topological polar surface area (TPSA) is 95.9 Å². The molecule has 0 radical (unpaired) electrons. The van der Waals surface area contributed by atoms with Crippen LogP contribution in [-0.4, -0.2) is 47.4 Å². The number of aliphatic hydroxyl groups excluding tert-OH is 2. The normalized spacial score (nSPS) is 12.9. The summed E-state index contributed by atoms with van der Waals surface area (Å²) in [5.74, 6) is -0.0827. The van der Waals surface area contributed by atoms with Crippen LogP contribution in [0.4, 0.5) is 0 Å². The fourth-order valence-electron chi connectivity index (χ4n) is 8.68. The zero-order valence-corrected chi connectivity index (χ0v) is 43.5. The number of hydrogen-bond donors (Lipinski definition) is 3. The molecule has 0 aromatic carbocycles. The summed E-state index contributed by atoms with van der Waals surface area (Å²) in [5, 5.41) is 23.0. The summed E-state index contributed by atoms with van der Waals surface area (Å²) in [4.78, 5) is 24.5. The Morgan fingerprint density at radius 2 is 0.723 bits per heavy atom. The number of aliphatic hydroxyl groups is 2. The highest BCUT2D eigenvalue weighted by atomic mass is 16.5. The van der Waals surface area contributed by atoms with Crippen LogP contribution in [0.5, 0.6) is 0 Å². The van der Waals surface area contributed by atoms with Crippen LogP contribution in [0.25, 0.3) is 0 Å². The van der Waals surface area contributed by atoms with Gasteiger partial charge in [-0.3, -0.25) is 9.59 Å². The average molecular weight is 915 g/mol. The molecule has 2 atom stereocenters. The van der Waals surface area contributed by atoms with Crippen molar-refractivity contribution in [2.24, 2.45) is 0 Å². The predicted octanol–water partition coefficient (Wildman–Crippen LogP) is 17.6. The number of rotatable bonds is 53. The number of esters is 1. The van der Waals surface area contributed by atoms with Gasteiger partial charge in [0.05, 0.1) is 25.4 Å². The largest absolute Gasteiger partial charge is 0.466 e. The van der Waals surface area contributed by atoms with Crippen LogP contribution in [0.1, 0.15) is 303 Å². The molecule has 0 rings (SSSR count). The van der Waals surface area contributed by atoms with Gasteiger partial charge in [0.1, 0.15) is 0 Å². The summed E-state index contributed by atoms with van der Waals surface area (Å²) >= 11 is 0. The molecule has 6 heteroatoms. The van der Waals surface area contributed by atoms with Gasteiger partial charge in [0.2, 0.25) is 5.91 Å². The van der Waals surface area contributed by atoms with Crippen LogP contribution in [0.15, 0.2) is 36.5 Å². The second-order valence-corrected chi connectivity index (χ2v) is 19.6. The number of amides is 1. The summed E-state index contributed by atoms with van der Waals surface area (Å²) < 4.78 is 5.47. The van der Waals surface area contributed by atoms with E-state index in [1.165, 1.54) is 225 Å². The van der Waals surface area contributed by atoms with E-state index < -0.39 is 12.1 Å². The summed E-state index contributed by atoms with van der Waals surface area (Å²) in [5.41, 5.74) is 0. The highest BCUT2D eigenvalue weighted by Gasteiger charge is 2.18.